The standard InChI is InChI=1S/C12H22N2O3/c1-7(2)5-10(13)11(15)14-9-4-3-8(6-9)12(16)17/h7-10H,3-6,13H2,1-2H3,(H,14,15)(H,16,17)/t8?,9?,10-/m0/s1. The molecule has 2 unspecified atom stereocenters. The van der Waals surface area contributed by atoms with Crippen LogP contribution in [0.2, 0.25) is 0 Å². The fourth-order valence-corrected chi connectivity index (χ4v) is 2.26. The monoisotopic (exact) mass is 242 g/mol. The molecule has 1 amide bonds. The summed E-state index contributed by atoms with van der Waals surface area (Å²) in [6.07, 6.45) is 2.55. The molecule has 0 heterocycles. The van der Waals surface area contributed by atoms with Crippen LogP contribution < -0.4 is 11.1 Å². The van der Waals surface area contributed by atoms with Gasteiger partial charge in [-0.05, 0) is 31.6 Å². The number of carbonyl (C=O) groups is 2. The Morgan fingerprint density at radius 3 is 2.53 bits per heavy atom. The van der Waals surface area contributed by atoms with Crippen molar-refractivity contribution < 1.29 is 14.7 Å². The van der Waals surface area contributed by atoms with E-state index in [1.807, 2.05) is 13.8 Å². The Hall–Kier alpha value is -1.10. The predicted octanol–water partition coefficient (Wildman–Crippen LogP) is 0.729. The van der Waals surface area contributed by atoms with Crippen LogP contribution in [0.4, 0.5) is 0 Å². The molecule has 0 aromatic heterocycles. The van der Waals surface area contributed by atoms with Gasteiger partial charge in [0, 0.05) is 6.04 Å². The second kappa shape index (κ2) is 6.00. The van der Waals surface area contributed by atoms with Crippen molar-refractivity contribution in [2.24, 2.45) is 17.6 Å². The SMILES string of the molecule is CC(C)C[C@H](N)C(=O)NC1CCC(C(=O)O)C1. The smallest absolute Gasteiger partial charge is 0.306 e. The quantitative estimate of drug-likeness (QED) is 0.662. The lowest BCUT2D eigenvalue weighted by Gasteiger charge is -2.18. The van der Waals surface area contributed by atoms with Gasteiger partial charge in [0.2, 0.25) is 5.91 Å². The summed E-state index contributed by atoms with van der Waals surface area (Å²) in [4.78, 5) is 22.5. The van der Waals surface area contributed by atoms with E-state index in [0.29, 0.717) is 25.2 Å². The van der Waals surface area contributed by atoms with Gasteiger partial charge in [0.05, 0.1) is 12.0 Å². The third-order valence-corrected chi connectivity index (χ3v) is 3.19. The average Bonchev–Trinajstić information content (AvgIpc) is 2.65. The summed E-state index contributed by atoms with van der Waals surface area (Å²) in [5.41, 5.74) is 5.76. The van der Waals surface area contributed by atoms with Crippen molar-refractivity contribution in [3.8, 4) is 0 Å². The van der Waals surface area contributed by atoms with Crippen molar-refractivity contribution in [1.29, 1.82) is 0 Å². The number of hydrogen-bond donors (Lipinski definition) is 3. The number of hydrogen-bond acceptors (Lipinski definition) is 3. The maximum Gasteiger partial charge on any atom is 0.306 e. The lowest BCUT2D eigenvalue weighted by Crippen LogP contribution is -2.45. The van der Waals surface area contributed by atoms with E-state index in [0.717, 1.165) is 6.42 Å². The molecule has 1 saturated carbocycles. The van der Waals surface area contributed by atoms with Crippen molar-refractivity contribution in [1.82, 2.24) is 5.32 Å². The van der Waals surface area contributed by atoms with E-state index in [4.69, 9.17) is 10.8 Å². The zero-order valence-electron chi connectivity index (χ0n) is 10.5. The Balaban J connectivity index is 2.35. The third kappa shape index (κ3) is 4.34. The fourth-order valence-electron chi connectivity index (χ4n) is 2.26. The highest BCUT2D eigenvalue weighted by molar-refractivity contribution is 5.82. The molecule has 5 heteroatoms. The van der Waals surface area contributed by atoms with Crippen LogP contribution in [0.15, 0.2) is 0 Å². The second-order valence-electron chi connectivity index (χ2n) is 5.29. The lowest BCUT2D eigenvalue weighted by molar-refractivity contribution is -0.141. The van der Waals surface area contributed by atoms with Gasteiger partial charge in [-0.1, -0.05) is 13.8 Å². The molecular formula is C12H22N2O3. The first kappa shape index (κ1) is 14.0. The Labute approximate surface area is 102 Å². The molecule has 3 atom stereocenters. The van der Waals surface area contributed by atoms with E-state index in [9.17, 15) is 9.59 Å². The number of carbonyl (C=O) groups excluding carboxylic acids is 1. The molecule has 17 heavy (non-hydrogen) atoms. The summed E-state index contributed by atoms with van der Waals surface area (Å²) >= 11 is 0. The van der Waals surface area contributed by atoms with Crippen molar-refractivity contribution in [3.05, 3.63) is 0 Å². The molecule has 0 bridgehead atoms. The number of carboxylic acids is 1. The molecule has 0 aliphatic heterocycles. The molecule has 0 aromatic carbocycles. The van der Waals surface area contributed by atoms with E-state index in [2.05, 4.69) is 5.32 Å². The molecular weight excluding hydrogens is 220 g/mol. The summed E-state index contributed by atoms with van der Waals surface area (Å²) in [6.45, 7) is 4.03. The molecule has 1 aliphatic rings. The minimum Gasteiger partial charge on any atom is -0.481 e. The van der Waals surface area contributed by atoms with Crippen molar-refractivity contribution in [2.45, 2.75) is 51.6 Å². The predicted molar refractivity (Wildman–Crippen MR) is 64.3 cm³/mol. The first-order valence-corrected chi connectivity index (χ1v) is 6.19. The third-order valence-electron chi connectivity index (χ3n) is 3.19. The molecule has 98 valence electrons. The van der Waals surface area contributed by atoms with E-state index in [1.54, 1.807) is 0 Å². The highest BCUT2D eigenvalue weighted by Crippen LogP contribution is 2.25. The van der Waals surface area contributed by atoms with Crippen LogP contribution in [0.25, 0.3) is 0 Å². The number of carboxylic acid groups (broad SMARTS) is 1. The number of amides is 1. The van der Waals surface area contributed by atoms with Crippen LogP contribution in [0.5, 0.6) is 0 Å². The van der Waals surface area contributed by atoms with Gasteiger partial charge in [0.15, 0.2) is 0 Å². The van der Waals surface area contributed by atoms with Crippen LogP contribution in [0, 0.1) is 11.8 Å². The molecule has 0 saturated heterocycles. The molecule has 0 spiro atoms. The summed E-state index contributed by atoms with van der Waals surface area (Å²) < 4.78 is 0. The summed E-state index contributed by atoms with van der Waals surface area (Å²) in [7, 11) is 0. The Morgan fingerprint density at radius 2 is 2.06 bits per heavy atom. The average molecular weight is 242 g/mol. The van der Waals surface area contributed by atoms with Gasteiger partial charge in [-0.25, -0.2) is 0 Å². The zero-order chi connectivity index (χ0) is 13.0. The Kier molecular flexibility index (Phi) is 4.93. The fraction of sp³-hybridized carbons (Fsp3) is 0.833. The van der Waals surface area contributed by atoms with Crippen molar-refractivity contribution in [2.75, 3.05) is 0 Å². The number of nitrogens with one attached hydrogen (secondary N) is 1. The molecule has 0 radical (unpaired) electrons. The molecule has 0 aromatic rings. The molecule has 1 fully saturated rings. The van der Waals surface area contributed by atoms with E-state index < -0.39 is 12.0 Å². The molecule has 4 N–H and O–H groups in total. The van der Waals surface area contributed by atoms with Crippen LogP contribution in [-0.2, 0) is 9.59 Å². The van der Waals surface area contributed by atoms with Gasteiger partial charge in [-0.2, -0.15) is 0 Å². The second-order valence-corrected chi connectivity index (χ2v) is 5.29. The van der Waals surface area contributed by atoms with Crippen LogP contribution >= 0.6 is 0 Å². The molecule has 1 rings (SSSR count). The van der Waals surface area contributed by atoms with Gasteiger partial charge in [0.1, 0.15) is 0 Å². The Bertz CT molecular complexity index is 291. The van der Waals surface area contributed by atoms with E-state index in [1.165, 1.54) is 0 Å². The van der Waals surface area contributed by atoms with Gasteiger partial charge < -0.3 is 16.2 Å². The van der Waals surface area contributed by atoms with Crippen LogP contribution in [0.1, 0.15) is 39.5 Å². The van der Waals surface area contributed by atoms with Gasteiger partial charge in [-0.15, -0.1) is 0 Å². The van der Waals surface area contributed by atoms with Crippen molar-refractivity contribution >= 4 is 11.9 Å². The highest BCUT2D eigenvalue weighted by atomic mass is 16.4. The minimum absolute atomic E-state index is 0.0261. The van der Waals surface area contributed by atoms with Crippen molar-refractivity contribution in [3.63, 3.8) is 0 Å². The maximum absolute atomic E-state index is 11.7. The minimum atomic E-state index is -0.770. The largest absolute Gasteiger partial charge is 0.481 e. The maximum atomic E-state index is 11.7. The van der Waals surface area contributed by atoms with Crippen LogP contribution in [0.3, 0.4) is 0 Å². The summed E-state index contributed by atoms with van der Waals surface area (Å²) in [5, 5.41) is 11.7. The Morgan fingerprint density at radius 1 is 1.41 bits per heavy atom. The topological polar surface area (TPSA) is 92.4 Å². The first-order valence-electron chi connectivity index (χ1n) is 6.19. The van der Waals surface area contributed by atoms with Gasteiger partial charge in [0.25, 0.3) is 0 Å². The van der Waals surface area contributed by atoms with E-state index >= 15 is 0 Å². The normalized spacial score (nSPS) is 25.9. The zero-order valence-corrected chi connectivity index (χ0v) is 10.5. The van der Waals surface area contributed by atoms with E-state index in [-0.39, 0.29) is 17.9 Å². The number of aliphatic carboxylic acids is 1. The van der Waals surface area contributed by atoms with Crippen LogP contribution in [-0.4, -0.2) is 29.1 Å². The summed E-state index contributed by atoms with van der Waals surface area (Å²) in [6, 6.07) is -0.513. The molecule has 5 nitrogen and oxygen atoms in total. The number of rotatable bonds is 5. The lowest BCUT2D eigenvalue weighted by atomic mass is 10.0. The van der Waals surface area contributed by atoms with Gasteiger partial charge >= 0.3 is 5.97 Å². The first-order chi connectivity index (χ1) is 7.90. The number of nitrogens with two attached hydrogens (primary N) is 1. The molecule has 1 aliphatic carbocycles. The summed E-state index contributed by atoms with van der Waals surface area (Å²) in [5.74, 6) is -0.865. The van der Waals surface area contributed by atoms with Gasteiger partial charge in [-0.3, -0.25) is 9.59 Å². The highest BCUT2D eigenvalue weighted by Gasteiger charge is 2.31.